The van der Waals surface area contributed by atoms with E-state index in [9.17, 15) is 4.39 Å². The Hall–Kier alpha value is -3.38. The Bertz CT molecular complexity index is 1060. The van der Waals surface area contributed by atoms with Crippen LogP contribution in [0.4, 0.5) is 16.0 Å². The molecule has 0 unspecified atom stereocenters. The van der Waals surface area contributed by atoms with Gasteiger partial charge in [-0.1, -0.05) is 11.7 Å². The molecule has 2 saturated heterocycles. The van der Waals surface area contributed by atoms with Gasteiger partial charge in [-0.3, -0.25) is 4.90 Å². The van der Waals surface area contributed by atoms with Gasteiger partial charge >= 0.3 is 5.82 Å². The molecular weight excluding hydrogens is 373 g/mol. The van der Waals surface area contributed by atoms with E-state index in [2.05, 4.69) is 34.8 Å². The summed E-state index contributed by atoms with van der Waals surface area (Å²) in [6.07, 6.45) is 6.38. The van der Waals surface area contributed by atoms with E-state index < -0.39 is 0 Å². The molecule has 0 N–H and O–H groups in total. The summed E-state index contributed by atoms with van der Waals surface area (Å²) in [5.74, 6) is 1.18. The van der Waals surface area contributed by atoms with E-state index in [0.717, 1.165) is 38.2 Å². The predicted molar refractivity (Wildman–Crippen MR) is 103 cm³/mol. The molecule has 0 radical (unpaired) electrons. The van der Waals surface area contributed by atoms with Gasteiger partial charge in [-0.05, 0) is 25.0 Å². The number of nitrogens with zero attached hydrogens (tertiary/aromatic N) is 7. The summed E-state index contributed by atoms with van der Waals surface area (Å²) in [7, 11) is 0. The third-order valence-electron chi connectivity index (χ3n) is 5.62. The predicted octanol–water partition coefficient (Wildman–Crippen LogP) is 3.24. The SMILES string of the molecule is [C-]#[N+]c1nccnc1N1CCN2[C@@H](CC[C@@H]2c2cc(-c3ccc(F)cn3)on2)C1. The van der Waals surface area contributed by atoms with Gasteiger partial charge in [0.1, 0.15) is 23.4 Å². The van der Waals surface area contributed by atoms with E-state index in [4.69, 9.17) is 11.1 Å². The van der Waals surface area contributed by atoms with Crippen LogP contribution in [-0.2, 0) is 0 Å². The summed E-state index contributed by atoms with van der Waals surface area (Å²) in [4.78, 5) is 20.7. The first kappa shape index (κ1) is 17.7. The van der Waals surface area contributed by atoms with Gasteiger partial charge in [0, 0.05) is 31.7 Å². The van der Waals surface area contributed by atoms with E-state index in [-0.39, 0.29) is 11.9 Å². The summed E-state index contributed by atoms with van der Waals surface area (Å²) in [5, 5.41) is 4.27. The maximum absolute atomic E-state index is 13.1. The highest BCUT2D eigenvalue weighted by Gasteiger charge is 2.40. The molecule has 2 atom stereocenters. The van der Waals surface area contributed by atoms with Crippen molar-refractivity contribution in [1.82, 2.24) is 25.0 Å². The fourth-order valence-electron chi connectivity index (χ4n) is 4.28. The monoisotopic (exact) mass is 391 g/mol. The molecule has 0 aromatic carbocycles. The van der Waals surface area contributed by atoms with Crippen LogP contribution in [0, 0.1) is 12.4 Å². The average molecular weight is 391 g/mol. The summed E-state index contributed by atoms with van der Waals surface area (Å²) >= 11 is 0. The lowest BCUT2D eigenvalue weighted by Gasteiger charge is -2.40. The molecule has 9 heteroatoms. The standard InChI is InChI=1S/C20H18FN7O/c1-22-19-20(24-7-6-23-19)27-8-9-28-14(12-27)3-5-17(28)16-10-18(29-26-16)15-4-2-13(21)11-25-15/h2,4,6-7,10-11,14,17H,3,5,8-9,12H2/t14-,17+/m0/s1. The van der Waals surface area contributed by atoms with E-state index in [1.807, 2.05) is 6.07 Å². The summed E-state index contributed by atoms with van der Waals surface area (Å²) in [6, 6.07) is 5.39. The third-order valence-corrected chi connectivity index (χ3v) is 5.62. The maximum atomic E-state index is 13.1. The van der Waals surface area contributed by atoms with Crippen LogP contribution >= 0.6 is 0 Å². The van der Waals surface area contributed by atoms with Gasteiger partial charge in [0.2, 0.25) is 0 Å². The number of rotatable bonds is 3. The number of fused-ring (bicyclic) bond motifs is 1. The van der Waals surface area contributed by atoms with Gasteiger partial charge < -0.3 is 14.3 Å². The van der Waals surface area contributed by atoms with Crippen LogP contribution in [0.1, 0.15) is 24.6 Å². The zero-order valence-electron chi connectivity index (χ0n) is 15.6. The molecule has 0 spiro atoms. The second kappa shape index (κ2) is 7.22. The van der Waals surface area contributed by atoms with Crippen molar-refractivity contribution in [3.8, 4) is 11.5 Å². The molecule has 0 amide bonds. The Morgan fingerprint density at radius 3 is 2.86 bits per heavy atom. The van der Waals surface area contributed by atoms with Crippen LogP contribution in [0.2, 0.25) is 0 Å². The summed E-state index contributed by atoms with van der Waals surface area (Å²) < 4.78 is 18.6. The van der Waals surface area contributed by atoms with Crippen LogP contribution in [0.3, 0.4) is 0 Å². The molecule has 3 aromatic heterocycles. The van der Waals surface area contributed by atoms with Gasteiger partial charge in [-0.2, -0.15) is 0 Å². The highest BCUT2D eigenvalue weighted by Crippen LogP contribution is 2.39. The molecule has 2 aliphatic heterocycles. The Kier molecular flexibility index (Phi) is 4.41. The van der Waals surface area contributed by atoms with Crippen LogP contribution < -0.4 is 4.90 Å². The van der Waals surface area contributed by atoms with E-state index in [0.29, 0.717) is 29.1 Å². The first-order valence-corrected chi connectivity index (χ1v) is 9.50. The Morgan fingerprint density at radius 1 is 1.14 bits per heavy atom. The molecule has 29 heavy (non-hydrogen) atoms. The fraction of sp³-hybridized carbons (Fsp3) is 0.350. The average Bonchev–Trinajstić information content (AvgIpc) is 3.41. The summed E-state index contributed by atoms with van der Waals surface area (Å²) in [6.45, 7) is 9.75. The van der Waals surface area contributed by atoms with Gasteiger partial charge in [0.25, 0.3) is 0 Å². The van der Waals surface area contributed by atoms with Gasteiger partial charge in [0.15, 0.2) is 11.6 Å². The van der Waals surface area contributed by atoms with E-state index in [1.165, 1.54) is 12.3 Å². The minimum absolute atomic E-state index is 0.183. The maximum Gasteiger partial charge on any atom is 0.312 e. The van der Waals surface area contributed by atoms with Crippen LogP contribution in [0.5, 0.6) is 0 Å². The molecule has 8 nitrogen and oxygen atoms in total. The smallest absolute Gasteiger partial charge is 0.312 e. The lowest BCUT2D eigenvalue weighted by atomic mass is 10.1. The Balaban J connectivity index is 1.32. The van der Waals surface area contributed by atoms with E-state index >= 15 is 0 Å². The molecule has 0 saturated carbocycles. The van der Waals surface area contributed by atoms with Gasteiger partial charge in [-0.15, -0.1) is 4.98 Å². The number of pyridine rings is 1. The fourth-order valence-corrected chi connectivity index (χ4v) is 4.28. The molecule has 5 heterocycles. The zero-order valence-corrected chi connectivity index (χ0v) is 15.6. The van der Waals surface area contributed by atoms with Crippen molar-refractivity contribution in [3.05, 3.63) is 59.7 Å². The van der Waals surface area contributed by atoms with Crippen LogP contribution in [0.25, 0.3) is 16.3 Å². The molecular formula is C20H18FN7O. The van der Waals surface area contributed by atoms with Crippen molar-refractivity contribution in [2.45, 2.75) is 24.9 Å². The van der Waals surface area contributed by atoms with Crippen molar-refractivity contribution in [3.63, 3.8) is 0 Å². The van der Waals surface area contributed by atoms with Crippen molar-refractivity contribution >= 4 is 11.6 Å². The normalized spacial score (nSPS) is 21.7. The van der Waals surface area contributed by atoms with Gasteiger partial charge in [0.05, 0.1) is 18.4 Å². The Morgan fingerprint density at radius 2 is 2.03 bits per heavy atom. The molecule has 2 fully saturated rings. The molecule has 0 bridgehead atoms. The minimum Gasteiger partial charge on any atom is -0.361 e. The van der Waals surface area contributed by atoms with Crippen molar-refractivity contribution in [2.24, 2.45) is 0 Å². The third kappa shape index (κ3) is 3.21. The number of piperazine rings is 1. The number of halogens is 1. The number of hydrogen-bond acceptors (Lipinski definition) is 7. The number of hydrogen-bond donors (Lipinski definition) is 0. The molecule has 146 valence electrons. The highest BCUT2D eigenvalue weighted by atomic mass is 19.1. The minimum atomic E-state index is -0.380. The largest absolute Gasteiger partial charge is 0.361 e. The van der Waals surface area contributed by atoms with Crippen LogP contribution in [-0.4, -0.2) is 50.7 Å². The van der Waals surface area contributed by atoms with E-state index in [1.54, 1.807) is 18.5 Å². The topological polar surface area (TPSA) is 75.5 Å². The second-order valence-electron chi connectivity index (χ2n) is 7.22. The summed E-state index contributed by atoms with van der Waals surface area (Å²) in [5.41, 5.74) is 1.45. The van der Waals surface area contributed by atoms with Crippen molar-refractivity contribution < 1.29 is 8.91 Å². The Labute approximate surface area is 166 Å². The second-order valence-corrected chi connectivity index (χ2v) is 7.22. The molecule has 0 aliphatic carbocycles. The quantitative estimate of drug-likeness (QED) is 0.635. The molecule has 3 aromatic rings. The van der Waals surface area contributed by atoms with Crippen molar-refractivity contribution in [1.29, 1.82) is 0 Å². The molecule has 5 rings (SSSR count). The molecule has 2 aliphatic rings. The number of anilines is 1. The first-order valence-electron chi connectivity index (χ1n) is 9.50. The van der Waals surface area contributed by atoms with Crippen LogP contribution in [0.15, 0.2) is 41.3 Å². The number of aromatic nitrogens is 4. The first-order chi connectivity index (χ1) is 14.2. The van der Waals surface area contributed by atoms with Crippen molar-refractivity contribution in [2.75, 3.05) is 24.5 Å². The highest BCUT2D eigenvalue weighted by molar-refractivity contribution is 5.61. The lowest BCUT2D eigenvalue weighted by Crippen LogP contribution is -2.51. The lowest BCUT2D eigenvalue weighted by molar-refractivity contribution is 0.170. The zero-order chi connectivity index (χ0) is 19.8. The van der Waals surface area contributed by atoms with Gasteiger partial charge in [-0.25, -0.2) is 14.4 Å².